The largest absolute Gasteiger partial charge is 0.444 e. The molecule has 3 aliphatic carbocycles. The number of amides is 2. The van der Waals surface area contributed by atoms with Crippen LogP contribution in [0.5, 0.6) is 0 Å². The number of aromatic nitrogens is 1. The normalized spacial score (nSPS) is 27.2. The van der Waals surface area contributed by atoms with Gasteiger partial charge in [0.05, 0.1) is 20.8 Å². The van der Waals surface area contributed by atoms with Crippen molar-refractivity contribution < 1.29 is 19.1 Å². The molecule has 44 heavy (non-hydrogen) atoms. The summed E-state index contributed by atoms with van der Waals surface area (Å²) >= 11 is 1.82. The summed E-state index contributed by atoms with van der Waals surface area (Å²) in [4.78, 5) is 32.8. The maximum Gasteiger partial charge on any atom is 0.407 e. The van der Waals surface area contributed by atoms with E-state index in [1.165, 1.54) is 20.6 Å². The van der Waals surface area contributed by atoms with Crippen molar-refractivity contribution in [2.24, 2.45) is 35.5 Å². The topological polar surface area (TPSA) is 95.8 Å². The zero-order valence-electron chi connectivity index (χ0n) is 26.6. The van der Waals surface area contributed by atoms with Crippen molar-refractivity contribution in [3.8, 4) is 10.6 Å². The molecule has 7 rings (SSSR count). The molecule has 3 aliphatic heterocycles. The molecule has 2 saturated heterocycles. The summed E-state index contributed by atoms with van der Waals surface area (Å²) in [6, 6.07) is 13.3. The number of benzene rings is 2. The van der Waals surface area contributed by atoms with Gasteiger partial charge in [0.15, 0.2) is 0 Å². The van der Waals surface area contributed by atoms with Gasteiger partial charge in [0, 0.05) is 55.8 Å². The number of alkyl carbamates (subject to hydrolysis) is 2. The van der Waals surface area contributed by atoms with E-state index in [2.05, 4.69) is 56.5 Å². The van der Waals surface area contributed by atoms with Crippen LogP contribution in [0.2, 0.25) is 0 Å². The molecule has 10 heteroatoms. The van der Waals surface area contributed by atoms with Gasteiger partial charge >= 0.3 is 12.2 Å². The highest BCUT2D eigenvalue weighted by atomic mass is 32.1. The number of hydrogen-bond acceptors (Lipinski definition) is 7. The van der Waals surface area contributed by atoms with Crippen molar-refractivity contribution in [3.63, 3.8) is 0 Å². The van der Waals surface area contributed by atoms with Gasteiger partial charge in [-0.15, -0.1) is 11.3 Å². The molecule has 2 amide bonds. The Morgan fingerprint density at radius 2 is 1.45 bits per heavy atom. The van der Waals surface area contributed by atoms with E-state index in [4.69, 9.17) is 14.5 Å². The number of carbonyl (C=O) groups excluding carboxylic acids is 2. The summed E-state index contributed by atoms with van der Waals surface area (Å²) in [6.45, 7) is 16.8. The predicted molar refractivity (Wildman–Crippen MR) is 173 cm³/mol. The molecule has 6 aliphatic rings. The summed E-state index contributed by atoms with van der Waals surface area (Å²) in [7, 11) is 0. The molecule has 1 aromatic rings. The van der Waals surface area contributed by atoms with E-state index in [9.17, 15) is 9.59 Å². The number of fused-ring (bicyclic) bond motifs is 4. The van der Waals surface area contributed by atoms with Gasteiger partial charge in [-0.2, -0.15) is 0 Å². The maximum atomic E-state index is 12.1. The van der Waals surface area contributed by atoms with Crippen LogP contribution in [-0.2, 0) is 9.47 Å². The van der Waals surface area contributed by atoms with Crippen LogP contribution in [0.25, 0.3) is 20.8 Å². The lowest BCUT2D eigenvalue weighted by Crippen LogP contribution is -2.36. The van der Waals surface area contributed by atoms with E-state index in [1.807, 2.05) is 52.9 Å². The number of anilines is 1. The van der Waals surface area contributed by atoms with Crippen LogP contribution < -0.4 is 25.5 Å². The Morgan fingerprint density at radius 3 is 2.05 bits per heavy atom. The molecular weight excluding hydrogens is 574 g/mol. The summed E-state index contributed by atoms with van der Waals surface area (Å²) in [5, 5.41) is 7.18. The van der Waals surface area contributed by atoms with Gasteiger partial charge in [0.1, 0.15) is 24.3 Å². The van der Waals surface area contributed by atoms with Gasteiger partial charge in [0.2, 0.25) is 5.36 Å². The molecule has 4 atom stereocenters. The number of nitrogens with zero attached hydrogens (tertiary/aromatic N) is 3. The second kappa shape index (κ2) is 10.6. The highest BCUT2D eigenvalue weighted by Gasteiger charge is 2.59. The molecule has 0 spiro atoms. The number of piperidine rings is 2. The Labute approximate surface area is 263 Å². The number of nitrogens with one attached hydrogen (secondary N) is 2. The molecule has 4 unspecified atom stereocenters. The molecule has 0 aromatic heterocycles. The molecule has 3 heterocycles. The number of ether oxygens (including phenoxy) is 2. The third-order valence-electron chi connectivity index (χ3n) is 9.58. The third kappa shape index (κ3) is 6.10. The van der Waals surface area contributed by atoms with Crippen LogP contribution in [0.15, 0.2) is 36.4 Å². The average molecular weight is 619 g/mol. The highest BCUT2D eigenvalue weighted by molar-refractivity contribution is 7.21. The quantitative estimate of drug-likeness (QED) is 0.316. The standard InChI is InChI=1S/C34H43N5O4S/c1-33(2,3)42-31(40)35-13-21-23-15-38(16-24(21)23)19-7-9-27-29(11-19)44-30-12-20(8-10-28(30)37-27)39-17-25-22(26(25)18-39)14-36-32(41)43-34(4,5)6/h7-12,21-26H,13-18H2,1-6H3,(H-,35,36,40,41)/p+1. The van der Waals surface area contributed by atoms with Gasteiger partial charge in [-0.05, 0) is 89.5 Å². The monoisotopic (exact) mass is 618 g/mol. The van der Waals surface area contributed by atoms with Crippen molar-refractivity contribution in [1.82, 2.24) is 20.2 Å². The van der Waals surface area contributed by atoms with Gasteiger partial charge in [-0.3, -0.25) is 0 Å². The first-order valence-corrected chi connectivity index (χ1v) is 16.7. The molecular formula is C34H44N5O4S+. The molecule has 2 saturated carbocycles. The van der Waals surface area contributed by atoms with E-state index >= 15 is 0 Å². The van der Waals surface area contributed by atoms with Gasteiger partial charge in [0.25, 0.3) is 0 Å². The van der Waals surface area contributed by atoms with E-state index in [0.717, 1.165) is 37.4 Å². The molecule has 9 nitrogen and oxygen atoms in total. The van der Waals surface area contributed by atoms with Crippen LogP contribution in [0, 0.1) is 35.5 Å². The first-order chi connectivity index (χ1) is 20.8. The lowest BCUT2D eigenvalue weighted by atomic mass is 10.2. The van der Waals surface area contributed by atoms with Crippen molar-refractivity contribution in [3.05, 3.63) is 41.8 Å². The van der Waals surface area contributed by atoms with E-state index in [1.54, 1.807) is 0 Å². The Kier molecular flexibility index (Phi) is 7.06. The van der Waals surface area contributed by atoms with Crippen molar-refractivity contribution in [2.75, 3.05) is 44.2 Å². The summed E-state index contributed by atoms with van der Waals surface area (Å²) in [5.74, 6) is 3.59. The number of rotatable bonds is 5. The fourth-order valence-electron chi connectivity index (χ4n) is 7.35. The van der Waals surface area contributed by atoms with E-state index < -0.39 is 11.2 Å². The van der Waals surface area contributed by atoms with Gasteiger partial charge in [-0.25, -0.2) is 19.1 Å². The van der Waals surface area contributed by atoms with E-state index in [-0.39, 0.29) is 12.2 Å². The van der Waals surface area contributed by atoms with Crippen LogP contribution in [-0.4, -0.2) is 67.6 Å². The lowest BCUT2D eigenvalue weighted by molar-refractivity contribution is 0.0512. The zero-order valence-corrected chi connectivity index (χ0v) is 27.4. The minimum Gasteiger partial charge on any atom is -0.444 e. The summed E-state index contributed by atoms with van der Waals surface area (Å²) < 4.78 is 14.5. The van der Waals surface area contributed by atoms with E-state index in [0.29, 0.717) is 48.6 Å². The maximum absolute atomic E-state index is 12.1. The molecule has 1 aromatic carbocycles. The Hall–Kier alpha value is -3.40. The fourth-order valence-corrected chi connectivity index (χ4v) is 8.39. The van der Waals surface area contributed by atoms with Crippen LogP contribution in [0.1, 0.15) is 41.5 Å². The van der Waals surface area contributed by atoms with Crippen molar-refractivity contribution >= 4 is 39.4 Å². The molecule has 4 fully saturated rings. The minimum atomic E-state index is -0.472. The van der Waals surface area contributed by atoms with Crippen LogP contribution in [0.4, 0.5) is 15.3 Å². The molecule has 0 radical (unpaired) electrons. The zero-order chi connectivity index (χ0) is 31.0. The average Bonchev–Trinajstić information content (AvgIpc) is 3.59. The summed E-state index contributed by atoms with van der Waals surface area (Å²) in [6.07, 6.45) is -0.645. The first-order valence-electron chi connectivity index (χ1n) is 15.9. The Bertz CT molecular complexity index is 1630. The smallest absolute Gasteiger partial charge is 0.407 e. The molecule has 2 N–H and O–H groups in total. The van der Waals surface area contributed by atoms with Gasteiger partial charge < -0.3 is 25.0 Å². The molecule has 0 bridgehead atoms. The van der Waals surface area contributed by atoms with Crippen molar-refractivity contribution in [2.45, 2.75) is 52.7 Å². The SMILES string of the molecule is CC(C)(C)OC(=O)NCC1C2CN(c3ccc4nc5ccc(=[N+]6CC7C(CNC(=O)OC(C)(C)C)C7C6)cc-5sc4c3)CC12. The third-order valence-corrected chi connectivity index (χ3v) is 10.7. The Morgan fingerprint density at radius 1 is 0.864 bits per heavy atom. The predicted octanol–water partition coefficient (Wildman–Crippen LogP) is 4.78. The summed E-state index contributed by atoms with van der Waals surface area (Å²) in [5.41, 5.74) is 2.38. The van der Waals surface area contributed by atoms with Crippen LogP contribution in [0.3, 0.4) is 0 Å². The fraction of sp³-hybridized carbons (Fsp3) is 0.588. The lowest BCUT2D eigenvalue weighted by Gasteiger charge is -2.23. The molecule has 234 valence electrons. The second-order valence-corrected chi connectivity index (χ2v) is 16.2. The van der Waals surface area contributed by atoms with Crippen molar-refractivity contribution in [1.29, 1.82) is 0 Å². The minimum absolute atomic E-state index is 0.323. The van der Waals surface area contributed by atoms with Crippen LogP contribution >= 0.6 is 11.3 Å². The van der Waals surface area contributed by atoms with Gasteiger partial charge in [-0.1, -0.05) is 0 Å². The number of hydrogen-bond donors (Lipinski definition) is 2. The second-order valence-electron chi connectivity index (χ2n) is 15.1. The Balaban J connectivity index is 0.979. The number of carbonyl (C=O) groups is 2. The first kappa shape index (κ1) is 29.3. The highest BCUT2D eigenvalue weighted by Crippen LogP contribution is 2.52.